The Morgan fingerprint density at radius 2 is 1.79 bits per heavy atom. The van der Waals surface area contributed by atoms with Crippen LogP contribution in [0.15, 0.2) is 24.3 Å². The van der Waals surface area contributed by atoms with E-state index in [1.165, 1.54) is 6.07 Å². The quantitative estimate of drug-likeness (QED) is 0.459. The smallest absolute Gasteiger partial charge is 0.193 e. The molecule has 0 radical (unpaired) electrons. The molecule has 2 aliphatic rings. The third-order valence-corrected chi connectivity index (χ3v) is 5.61. The van der Waals surface area contributed by atoms with Crippen molar-refractivity contribution in [3.63, 3.8) is 0 Å². The summed E-state index contributed by atoms with van der Waals surface area (Å²) in [7, 11) is 0. The highest BCUT2D eigenvalue weighted by Crippen LogP contribution is 2.34. The van der Waals surface area contributed by atoms with E-state index in [0.29, 0.717) is 6.42 Å². The maximum atomic E-state index is 14.8. The first-order valence-corrected chi connectivity index (χ1v) is 10.4. The van der Waals surface area contributed by atoms with Gasteiger partial charge >= 0.3 is 0 Å². The summed E-state index contributed by atoms with van der Waals surface area (Å²) < 4.78 is 66.2. The van der Waals surface area contributed by atoms with Gasteiger partial charge in [-0.1, -0.05) is 0 Å². The Bertz CT molecular complexity index is 1150. The minimum absolute atomic E-state index is 0.0719. The van der Waals surface area contributed by atoms with Gasteiger partial charge < -0.3 is 34.1 Å². The Hall–Kier alpha value is -2.86. The molecular formula is C22H21F3N2O6. The summed E-state index contributed by atoms with van der Waals surface area (Å²) in [5.41, 5.74) is -0.588. The zero-order valence-electron chi connectivity index (χ0n) is 17.3. The van der Waals surface area contributed by atoms with Gasteiger partial charge in [-0.25, -0.2) is 18.2 Å². The highest BCUT2D eigenvalue weighted by atomic mass is 19.1. The summed E-state index contributed by atoms with van der Waals surface area (Å²) in [5, 5.41) is 18.6. The predicted octanol–water partition coefficient (Wildman–Crippen LogP) is 2.31. The van der Waals surface area contributed by atoms with E-state index >= 15 is 0 Å². The molecule has 0 aliphatic carbocycles. The molecule has 8 nitrogen and oxygen atoms in total. The maximum absolute atomic E-state index is 14.8. The zero-order chi connectivity index (χ0) is 23.1. The molecule has 2 fully saturated rings. The van der Waals surface area contributed by atoms with Crippen LogP contribution in [0.5, 0.6) is 11.6 Å². The van der Waals surface area contributed by atoms with Crippen LogP contribution in [0.3, 0.4) is 0 Å². The average molecular weight is 466 g/mol. The minimum atomic E-state index is -1.03. The predicted molar refractivity (Wildman–Crippen MR) is 109 cm³/mol. The number of ether oxygens (including phenoxy) is 4. The normalized spacial score (nSPS) is 24.4. The first kappa shape index (κ1) is 22.0. The standard InChI is InChI=1S/C22H21F3N2O6/c23-11-4-10(30-3-1-2-28)5-12(24)19(11)20-13(25)6-14-15(27-20)7-18(26-14)33-17-9-32-21-16(29)8-31-22(17)21/h4-7,16-17,21-22,26,28-29H,1-3,8-9H2/t16?,17-,21-,22-/m1/s1. The number of nitrogens with one attached hydrogen (secondary N) is 1. The summed E-state index contributed by atoms with van der Waals surface area (Å²) in [4.78, 5) is 6.98. The molecule has 1 unspecified atom stereocenters. The second-order valence-electron chi connectivity index (χ2n) is 7.89. The van der Waals surface area contributed by atoms with Gasteiger partial charge in [0, 0.05) is 37.3 Å². The van der Waals surface area contributed by atoms with Crippen molar-refractivity contribution in [2.45, 2.75) is 30.8 Å². The molecule has 3 N–H and O–H groups in total. The fourth-order valence-electron chi connectivity index (χ4n) is 4.07. The van der Waals surface area contributed by atoms with Crippen molar-refractivity contribution in [1.82, 2.24) is 9.97 Å². The first-order chi connectivity index (χ1) is 15.9. The van der Waals surface area contributed by atoms with Crippen LogP contribution < -0.4 is 9.47 Å². The lowest BCUT2D eigenvalue weighted by Gasteiger charge is -2.16. The largest absolute Gasteiger partial charge is 0.493 e. The number of halogens is 3. The third kappa shape index (κ3) is 4.12. The van der Waals surface area contributed by atoms with E-state index in [-0.39, 0.29) is 49.1 Å². The van der Waals surface area contributed by atoms with Gasteiger partial charge in [0.05, 0.1) is 36.4 Å². The number of fused-ring (bicyclic) bond motifs is 2. The first-order valence-electron chi connectivity index (χ1n) is 10.4. The van der Waals surface area contributed by atoms with Gasteiger partial charge in [0.25, 0.3) is 0 Å². The monoisotopic (exact) mass is 466 g/mol. The van der Waals surface area contributed by atoms with Gasteiger partial charge in [-0.05, 0) is 0 Å². The van der Waals surface area contributed by atoms with Crippen LogP contribution in [0.2, 0.25) is 0 Å². The van der Waals surface area contributed by atoms with Crippen molar-refractivity contribution in [2.75, 3.05) is 26.4 Å². The summed E-state index contributed by atoms with van der Waals surface area (Å²) in [6, 6.07) is 4.45. The molecule has 2 aromatic heterocycles. The molecule has 0 saturated carbocycles. The number of aliphatic hydroxyl groups is 2. The Morgan fingerprint density at radius 1 is 1.03 bits per heavy atom. The van der Waals surface area contributed by atoms with Gasteiger partial charge in [-0.2, -0.15) is 0 Å². The number of H-pyrrole nitrogens is 1. The summed E-state index contributed by atoms with van der Waals surface area (Å²) in [6.07, 6.45) is -1.81. The zero-order valence-corrected chi connectivity index (χ0v) is 17.3. The number of pyridine rings is 1. The molecule has 2 aliphatic heterocycles. The molecule has 11 heteroatoms. The van der Waals surface area contributed by atoms with Crippen LogP contribution in [-0.4, -0.2) is 71.0 Å². The highest BCUT2D eigenvalue weighted by Gasteiger charge is 2.48. The van der Waals surface area contributed by atoms with Gasteiger partial charge in [0.1, 0.15) is 41.4 Å². The molecule has 3 aromatic rings. The van der Waals surface area contributed by atoms with Crippen molar-refractivity contribution in [3.05, 3.63) is 41.7 Å². The van der Waals surface area contributed by atoms with E-state index in [2.05, 4.69) is 9.97 Å². The molecule has 33 heavy (non-hydrogen) atoms. The van der Waals surface area contributed by atoms with E-state index in [1.807, 2.05) is 0 Å². The van der Waals surface area contributed by atoms with Crippen LogP contribution in [-0.2, 0) is 9.47 Å². The lowest BCUT2D eigenvalue weighted by Crippen LogP contribution is -2.34. The lowest BCUT2D eigenvalue weighted by atomic mass is 10.1. The van der Waals surface area contributed by atoms with Crippen LogP contribution in [0.4, 0.5) is 13.2 Å². The van der Waals surface area contributed by atoms with E-state index in [4.69, 9.17) is 24.1 Å². The van der Waals surface area contributed by atoms with Crippen molar-refractivity contribution in [3.8, 4) is 22.9 Å². The molecule has 0 spiro atoms. The molecular weight excluding hydrogens is 445 g/mol. The fourth-order valence-corrected chi connectivity index (χ4v) is 4.07. The SMILES string of the molecule is OCCCOc1cc(F)c(-c2nc3cc(O[C@@H]4CO[C@@H]5C(O)CO[C@@H]54)[nH]c3cc2F)c(F)c1. The number of nitrogens with zero attached hydrogens (tertiary/aromatic N) is 1. The Labute approximate surface area is 185 Å². The number of hydrogen-bond acceptors (Lipinski definition) is 7. The summed E-state index contributed by atoms with van der Waals surface area (Å²) >= 11 is 0. The number of rotatable bonds is 7. The second-order valence-corrected chi connectivity index (χ2v) is 7.89. The molecule has 176 valence electrons. The molecule has 5 rings (SSSR count). The highest BCUT2D eigenvalue weighted by molar-refractivity contribution is 5.81. The van der Waals surface area contributed by atoms with Crippen molar-refractivity contribution in [2.24, 2.45) is 0 Å². The molecule has 0 amide bonds. The lowest BCUT2D eigenvalue weighted by molar-refractivity contribution is 0.00794. The molecule has 0 bridgehead atoms. The Balaban J connectivity index is 1.41. The average Bonchev–Trinajstić information content (AvgIpc) is 3.45. The van der Waals surface area contributed by atoms with E-state index < -0.39 is 53.1 Å². The molecule has 4 heterocycles. The van der Waals surface area contributed by atoms with Crippen LogP contribution in [0.25, 0.3) is 22.3 Å². The Morgan fingerprint density at radius 3 is 2.55 bits per heavy atom. The second kappa shape index (κ2) is 8.82. The van der Waals surface area contributed by atoms with E-state index in [1.54, 1.807) is 0 Å². The number of benzene rings is 1. The van der Waals surface area contributed by atoms with Gasteiger partial charge in [-0.3, -0.25) is 0 Å². The third-order valence-electron chi connectivity index (χ3n) is 5.61. The van der Waals surface area contributed by atoms with Crippen LogP contribution >= 0.6 is 0 Å². The van der Waals surface area contributed by atoms with Crippen molar-refractivity contribution < 1.29 is 42.3 Å². The minimum Gasteiger partial charge on any atom is -0.493 e. The maximum Gasteiger partial charge on any atom is 0.193 e. The summed E-state index contributed by atoms with van der Waals surface area (Å²) in [6.45, 7) is 0.319. The molecule has 2 saturated heterocycles. The fraction of sp³-hybridized carbons (Fsp3) is 0.409. The van der Waals surface area contributed by atoms with Gasteiger partial charge in [-0.15, -0.1) is 0 Å². The molecule has 1 aromatic carbocycles. The van der Waals surface area contributed by atoms with E-state index in [0.717, 1.165) is 18.2 Å². The molecule has 4 atom stereocenters. The van der Waals surface area contributed by atoms with Crippen LogP contribution in [0.1, 0.15) is 6.42 Å². The van der Waals surface area contributed by atoms with E-state index in [9.17, 15) is 18.3 Å². The topological polar surface area (TPSA) is 106 Å². The van der Waals surface area contributed by atoms with Gasteiger partial charge in [0.15, 0.2) is 17.8 Å². The number of hydrogen-bond donors (Lipinski definition) is 3. The Kier molecular flexibility index (Phi) is 5.87. The van der Waals surface area contributed by atoms with Gasteiger partial charge in [0.2, 0.25) is 0 Å². The number of aromatic nitrogens is 2. The summed E-state index contributed by atoms with van der Waals surface area (Å²) in [5.74, 6) is -2.80. The number of aliphatic hydroxyl groups excluding tert-OH is 2. The van der Waals surface area contributed by atoms with Crippen molar-refractivity contribution >= 4 is 11.0 Å². The number of aromatic amines is 1. The van der Waals surface area contributed by atoms with Crippen molar-refractivity contribution in [1.29, 1.82) is 0 Å². The van der Waals surface area contributed by atoms with Crippen LogP contribution in [0, 0.1) is 17.5 Å².